The molecule has 0 bridgehead atoms. The lowest BCUT2D eigenvalue weighted by Gasteiger charge is -2.08. The van der Waals surface area contributed by atoms with Crippen molar-refractivity contribution in [1.29, 1.82) is 0 Å². The second kappa shape index (κ2) is 6.26. The fraction of sp³-hybridized carbons (Fsp3) is 0.143. The van der Waals surface area contributed by atoms with Crippen molar-refractivity contribution in [3.05, 3.63) is 53.7 Å². The summed E-state index contributed by atoms with van der Waals surface area (Å²) in [7, 11) is 1.67. The molecule has 0 fully saturated rings. The van der Waals surface area contributed by atoms with Gasteiger partial charge in [0, 0.05) is 12.8 Å². The summed E-state index contributed by atoms with van der Waals surface area (Å²) < 4.78 is 5.11. The number of benzene rings is 1. The summed E-state index contributed by atoms with van der Waals surface area (Å²) >= 11 is 4.91. The number of hydrogen-bond acceptors (Lipinski definition) is 4. The van der Waals surface area contributed by atoms with Gasteiger partial charge in [-0.2, -0.15) is 0 Å². The molecule has 0 amide bonds. The van der Waals surface area contributed by atoms with Crippen LogP contribution in [0.1, 0.15) is 11.3 Å². The molecule has 1 aromatic heterocycles. The zero-order chi connectivity index (χ0) is 13.7. The van der Waals surface area contributed by atoms with Crippen molar-refractivity contribution in [2.75, 3.05) is 12.4 Å². The van der Waals surface area contributed by atoms with Crippen molar-refractivity contribution in [1.82, 2.24) is 4.98 Å². The van der Waals surface area contributed by atoms with Gasteiger partial charge in [0.15, 0.2) is 0 Å². The molecule has 1 aromatic carbocycles. The van der Waals surface area contributed by atoms with E-state index in [0.29, 0.717) is 18.1 Å². The van der Waals surface area contributed by atoms with E-state index in [1.165, 1.54) is 0 Å². The second-order valence-corrected chi connectivity index (χ2v) is 4.47. The van der Waals surface area contributed by atoms with Crippen LogP contribution in [-0.4, -0.2) is 17.1 Å². The van der Waals surface area contributed by atoms with Gasteiger partial charge in [0.25, 0.3) is 0 Å². The number of nitrogens with one attached hydrogen (secondary N) is 1. The molecule has 0 aliphatic heterocycles. The fourth-order valence-electron chi connectivity index (χ4n) is 1.69. The molecule has 5 heteroatoms. The van der Waals surface area contributed by atoms with Gasteiger partial charge in [-0.05, 0) is 29.8 Å². The van der Waals surface area contributed by atoms with Gasteiger partial charge < -0.3 is 15.8 Å². The molecule has 0 aliphatic carbocycles. The Morgan fingerprint density at radius 1 is 1.32 bits per heavy atom. The van der Waals surface area contributed by atoms with Crippen molar-refractivity contribution in [2.24, 2.45) is 5.73 Å². The number of thiocarbonyl (C=S) groups is 1. The molecule has 0 radical (unpaired) electrons. The Labute approximate surface area is 117 Å². The third kappa shape index (κ3) is 3.74. The lowest BCUT2D eigenvalue weighted by atomic mass is 10.2. The summed E-state index contributed by atoms with van der Waals surface area (Å²) in [6, 6.07) is 13.5. The van der Waals surface area contributed by atoms with Crippen molar-refractivity contribution >= 4 is 28.7 Å². The van der Waals surface area contributed by atoms with Gasteiger partial charge in [-0.3, -0.25) is 0 Å². The highest BCUT2D eigenvalue weighted by atomic mass is 32.1. The molecule has 1 heterocycles. The number of ether oxygens (including phenoxy) is 1. The van der Waals surface area contributed by atoms with E-state index >= 15 is 0 Å². The monoisotopic (exact) mass is 273 g/mol. The van der Waals surface area contributed by atoms with Crippen LogP contribution in [0.5, 0.6) is 0 Å². The molecule has 19 heavy (non-hydrogen) atoms. The molecule has 98 valence electrons. The number of nitrogens with zero attached hydrogens (tertiary/aromatic N) is 1. The zero-order valence-corrected chi connectivity index (χ0v) is 11.4. The summed E-state index contributed by atoms with van der Waals surface area (Å²) in [5.74, 6) is 0.708. The van der Waals surface area contributed by atoms with Crippen LogP contribution in [0, 0.1) is 0 Å². The number of hydrogen-bond donors (Lipinski definition) is 2. The first-order valence-corrected chi connectivity index (χ1v) is 6.21. The molecule has 0 unspecified atom stereocenters. The Morgan fingerprint density at radius 3 is 2.84 bits per heavy atom. The third-order valence-electron chi connectivity index (χ3n) is 2.51. The molecule has 3 N–H and O–H groups in total. The zero-order valence-electron chi connectivity index (χ0n) is 10.6. The van der Waals surface area contributed by atoms with E-state index in [9.17, 15) is 0 Å². The van der Waals surface area contributed by atoms with Crippen molar-refractivity contribution in [3.8, 4) is 0 Å². The standard InChI is InChI=1S/C14H15N3OS/c1-18-9-10-4-2-5-11(8-10)16-13-7-3-6-12(17-13)14(15)19/h2-8H,9H2,1H3,(H2,15,19)(H,16,17). The van der Waals surface area contributed by atoms with E-state index in [4.69, 9.17) is 22.7 Å². The van der Waals surface area contributed by atoms with E-state index in [0.717, 1.165) is 11.3 Å². The largest absolute Gasteiger partial charge is 0.388 e. The van der Waals surface area contributed by atoms with E-state index in [1.807, 2.05) is 36.4 Å². The normalized spacial score (nSPS) is 10.2. The minimum Gasteiger partial charge on any atom is -0.388 e. The van der Waals surface area contributed by atoms with Crippen LogP contribution in [0.2, 0.25) is 0 Å². The first-order chi connectivity index (χ1) is 9.19. The Balaban J connectivity index is 2.18. The van der Waals surface area contributed by atoms with Gasteiger partial charge in [-0.1, -0.05) is 30.4 Å². The van der Waals surface area contributed by atoms with E-state index in [-0.39, 0.29) is 4.99 Å². The molecule has 2 aromatic rings. The van der Waals surface area contributed by atoms with Crippen LogP contribution in [-0.2, 0) is 11.3 Å². The average Bonchev–Trinajstić information content (AvgIpc) is 2.40. The molecule has 4 nitrogen and oxygen atoms in total. The number of aromatic nitrogens is 1. The predicted octanol–water partition coefficient (Wildman–Crippen LogP) is 2.61. The Kier molecular flexibility index (Phi) is 4.43. The van der Waals surface area contributed by atoms with Crippen LogP contribution in [0.15, 0.2) is 42.5 Å². The number of pyridine rings is 1. The summed E-state index contributed by atoms with van der Waals surface area (Å²) in [5, 5.41) is 3.22. The fourth-order valence-corrected chi connectivity index (χ4v) is 1.81. The van der Waals surface area contributed by atoms with Crippen molar-refractivity contribution < 1.29 is 4.74 Å². The maximum Gasteiger partial charge on any atom is 0.131 e. The minimum absolute atomic E-state index is 0.289. The van der Waals surface area contributed by atoms with Crippen molar-refractivity contribution in [3.63, 3.8) is 0 Å². The Bertz CT molecular complexity index is 586. The number of rotatable bonds is 5. The molecular formula is C14H15N3OS. The van der Waals surface area contributed by atoms with Crippen LogP contribution in [0.25, 0.3) is 0 Å². The van der Waals surface area contributed by atoms with E-state index in [1.54, 1.807) is 13.2 Å². The summed E-state index contributed by atoms with van der Waals surface area (Å²) in [5.41, 5.74) is 8.21. The predicted molar refractivity (Wildman–Crippen MR) is 80.6 cm³/mol. The lowest BCUT2D eigenvalue weighted by molar-refractivity contribution is 0.185. The SMILES string of the molecule is COCc1cccc(Nc2cccc(C(N)=S)n2)c1. The Morgan fingerprint density at radius 2 is 2.11 bits per heavy atom. The van der Waals surface area contributed by atoms with Crippen LogP contribution >= 0.6 is 12.2 Å². The van der Waals surface area contributed by atoms with E-state index in [2.05, 4.69) is 10.3 Å². The maximum atomic E-state index is 5.56. The highest BCUT2D eigenvalue weighted by Gasteiger charge is 2.01. The third-order valence-corrected chi connectivity index (χ3v) is 2.72. The maximum absolute atomic E-state index is 5.56. The molecule has 2 rings (SSSR count). The molecule has 0 spiro atoms. The summed E-state index contributed by atoms with van der Waals surface area (Å²) in [4.78, 5) is 4.62. The molecule has 0 atom stereocenters. The highest BCUT2D eigenvalue weighted by molar-refractivity contribution is 7.80. The minimum atomic E-state index is 0.289. The average molecular weight is 273 g/mol. The van der Waals surface area contributed by atoms with Gasteiger partial charge in [0.05, 0.1) is 12.3 Å². The number of anilines is 2. The quantitative estimate of drug-likeness (QED) is 0.820. The molecule has 0 saturated carbocycles. The number of methoxy groups -OCH3 is 1. The smallest absolute Gasteiger partial charge is 0.131 e. The van der Waals surface area contributed by atoms with Crippen LogP contribution < -0.4 is 11.1 Å². The second-order valence-electron chi connectivity index (χ2n) is 4.03. The van der Waals surface area contributed by atoms with Gasteiger partial charge in [0.1, 0.15) is 10.8 Å². The van der Waals surface area contributed by atoms with Gasteiger partial charge in [0.2, 0.25) is 0 Å². The number of nitrogens with two attached hydrogens (primary N) is 1. The summed E-state index contributed by atoms with van der Waals surface area (Å²) in [6.45, 7) is 0.579. The van der Waals surface area contributed by atoms with Gasteiger partial charge in [-0.25, -0.2) is 4.98 Å². The highest BCUT2D eigenvalue weighted by Crippen LogP contribution is 2.16. The Hall–Kier alpha value is -1.98. The first-order valence-electron chi connectivity index (χ1n) is 5.81. The summed E-state index contributed by atoms with van der Waals surface area (Å²) in [6.07, 6.45) is 0. The van der Waals surface area contributed by atoms with Crippen LogP contribution in [0.3, 0.4) is 0 Å². The molecule has 0 saturated heterocycles. The molecular weight excluding hydrogens is 258 g/mol. The van der Waals surface area contributed by atoms with Crippen molar-refractivity contribution in [2.45, 2.75) is 6.61 Å². The lowest BCUT2D eigenvalue weighted by Crippen LogP contribution is -2.12. The topological polar surface area (TPSA) is 60.2 Å². The van der Waals surface area contributed by atoms with Gasteiger partial charge >= 0.3 is 0 Å². The van der Waals surface area contributed by atoms with Crippen LogP contribution in [0.4, 0.5) is 11.5 Å². The first kappa shape index (κ1) is 13.5. The van der Waals surface area contributed by atoms with E-state index < -0.39 is 0 Å². The van der Waals surface area contributed by atoms with Gasteiger partial charge in [-0.15, -0.1) is 0 Å². The molecule has 0 aliphatic rings.